The summed E-state index contributed by atoms with van der Waals surface area (Å²) < 4.78 is 1.60. The van der Waals surface area contributed by atoms with Gasteiger partial charge in [0.25, 0.3) is 5.91 Å². The average molecular weight is 373 g/mol. The molecule has 1 aromatic heterocycles. The van der Waals surface area contributed by atoms with E-state index in [0.29, 0.717) is 22.5 Å². The van der Waals surface area contributed by atoms with E-state index < -0.39 is 0 Å². The molecule has 1 fully saturated rings. The number of hydrogen-bond acceptors (Lipinski definition) is 3. The lowest BCUT2D eigenvalue weighted by Gasteiger charge is -2.41. The van der Waals surface area contributed by atoms with Crippen LogP contribution in [-0.2, 0) is 19.9 Å². The van der Waals surface area contributed by atoms with Crippen molar-refractivity contribution in [1.82, 2.24) is 19.6 Å². The van der Waals surface area contributed by atoms with Crippen LogP contribution in [-0.4, -0.2) is 57.7 Å². The van der Waals surface area contributed by atoms with Crippen LogP contribution in [0.15, 0.2) is 24.3 Å². The van der Waals surface area contributed by atoms with Gasteiger partial charge in [0.2, 0.25) is 0 Å². The molecule has 1 unspecified atom stereocenters. The number of rotatable bonds is 2. The van der Waals surface area contributed by atoms with Crippen LogP contribution in [0, 0.1) is 6.92 Å². The van der Waals surface area contributed by atoms with Crippen LogP contribution < -0.4 is 0 Å². The minimum atomic E-state index is -0.00765. The largest absolute Gasteiger partial charge is 0.335 e. The Hall–Kier alpha value is -1.85. The van der Waals surface area contributed by atoms with E-state index in [9.17, 15) is 4.79 Å². The number of carbonyl (C=O) groups excluding carboxylic acids is 1. The van der Waals surface area contributed by atoms with Crippen molar-refractivity contribution in [2.24, 2.45) is 7.05 Å². The van der Waals surface area contributed by atoms with E-state index in [1.165, 1.54) is 17.5 Å². The van der Waals surface area contributed by atoms with Crippen LogP contribution >= 0.6 is 11.6 Å². The molecule has 138 valence electrons. The fourth-order valence-electron chi connectivity index (χ4n) is 4.29. The summed E-state index contributed by atoms with van der Waals surface area (Å²) >= 11 is 6.29. The normalized spacial score (nSPS) is 20.9. The third-order valence-electron chi connectivity index (χ3n) is 5.79. The minimum Gasteiger partial charge on any atom is -0.335 e. The molecule has 6 heteroatoms. The number of carbonyl (C=O) groups is 1. The van der Waals surface area contributed by atoms with E-state index in [4.69, 9.17) is 11.6 Å². The Labute approximate surface area is 159 Å². The predicted octanol–water partition coefficient (Wildman–Crippen LogP) is 2.70. The third-order valence-corrected chi connectivity index (χ3v) is 6.24. The Morgan fingerprint density at radius 2 is 1.85 bits per heavy atom. The smallest absolute Gasteiger partial charge is 0.273 e. The number of nitrogens with zero attached hydrogens (tertiary/aromatic N) is 4. The summed E-state index contributed by atoms with van der Waals surface area (Å²) in [4.78, 5) is 17.3. The molecule has 4 rings (SSSR count). The van der Waals surface area contributed by atoms with E-state index in [1.807, 2.05) is 11.8 Å². The number of fused-ring (bicyclic) bond motifs is 1. The fourth-order valence-corrected chi connectivity index (χ4v) is 4.54. The van der Waals surface area contributed by atoms with Crippen molar-refractivity contribution >= 4 is 17.5 Å². The highest BCUT2D eigenvalue weighted by atomic mass is 35.5. The summed E-state index contributed by atoms with van der Waals surface area (Å²) in [7, 11) is 1.78. The van der Waals surface area contributed by atoms with Gasteiger partial charge in [-0.2, -0.15) is 5.10 Å². The zero-order valence-electron chi connectivity index (χ0n) is 15.4. The quantitative estimate of drug-likeness (QED) is 0.813. The van der Waals surface area contributed by atoms with Crippen LogP contribution in [0.25, 0.3) is 0 Å². The number of hydrogen-bond donors (Lipinski definition) is 0. The SMILES string of the molecule is Cc1nn(C)c(C(=O)N2CCN(C3CCc4ccccc4C3)CC2)c1Cl. The lowest BCUT2D eigenvalue weighted by Crippen LogP contribution is -2.53. The van der Waals surface area contributed by atoms with Gasteiger partial charge in [0.1, 0.15) is 5.69 Å². The Morgan fingerprint density at radius 3 is 2.50 bits per heavy atom. The molecule has 0 spiro atoms. The first-order valence-electron chi connectivity index (χ1n) is 9.34. The zero-order valence-corrected chi connectivity index (χ0v) is 16.2. The molecule has 1 aliphatic heterocycles. The highest BCUT2D eigenvalue weighted by molar-refractivity contribution is 6.34. The van der Waals surface area contributed by atoms with Gasteiger partial charge < -0.3 is 4.90 Å². The number of aryl methyl sites for hydroxylation is 3. The molecule has 0 radical (unpaired) electrons. The molecule has 0 N–H and O–H groups in total. The summed E-state index contributed by atoms with van der Waals surface area (Å²) in [6.07, 6.45) is 3.48. The van der Waals surface area contributed by atoms with Crippen LogP contribution in [0.3, 0.4) is 0 Å². The van der Waals surface area contributed by atoms with Gasteiger partial charge >= 0.3 is 0 Å². The van der Waals surface area contributed by atoms with E-state index in [-0.39, 0.29) is 5.91 Å². The summed E-state index contributed by atoms with van der Waals surface area (Å²) in [6.45, 7) is 5.17. The van der Waals surface area contributed by atoms with Gasteiger partial charge in [-0.05, 0) is 37.3 Å². The highest BCUT2D eigenvalue weighted by Crippen LogP contribution is 2.26. The maximum absolute atomic E-state index is 12.9. The van der Waals surface area contributed by atoms with Gasteiger partial charge in [-0.1, -0.05) is 35.9 Å². The van der Waals surface area contributed by atoms with Gasteiger partial charge in [0.05, 0.1) is 10.7 Å². The lowest BCUT2D eigenvalue weighted by molar-refractivity contribution is 0.0543. The fraction of sp³-hybridized carbons (Fsp3) is 0.500. The van der Waals surface area contributed by atoms with Crippen molar-refractivity contribution in [2.45, 2.75) is 32.2 Å². The van der Waals surface area contributed by atoms with Crippen molar-refractivity contribution < 1.29 is 4.79 Å². The van der Waals surface area contributed by atoms with Crippen molar-refractivity contribution in [3.63, 3.8) is 0 Å². The van der Waals surface area contributed by atoms with E-state index in [0.717, 1.165) is 39.0 Å². The summed E-state index contributed by atoms with van der Waals surface area (Å²) in [5, 5.41) is 4.74. The molecular formula is C20H25ClN4O. The number of benzene rings is 1. The molecule has 1 aromatic carbocycles. The number of aromatic nitrogens is 2. The molecule has 1 amide bonds. The van der Waals surface area contributed by atoms with Gasteiger partial charge in [-0.3, -0.25) is 14.4 Å². The zero-order chi connectivity index (χ0) is 18.3. The van der Waals surface area contributed by atoms with E-state index in [1.54, 1.807) is 11.7 Å². The number of halogens is 1. The maximum Gasteiger partial charge on any atom is 0.273 e. The second kappa shape index (κ2) is 7.05. The second-order valence-corrected chi connectivity index (χ2v) is 7.74. The second-order valence-electron chi connectivity index (χ2n) is 7.37. The van der Waals surface area contributed by atoms with Crippen LogP contribution in [0.1, 0.15) is 33.7 Å². The van der Waals surface area contributed by atoms with Crippen molar-refractivity contribution in [3.8, 4) is 0 Å². The Morgan fingerprint density at radius 1 is 1.15 bits per heavy atom. The van der Waals surface area contributed by atoms with Gasteiger partial charge in [0, 0.05) is 39.3 Å². The summed E-state index contributed by atoms with van der Waals surface area (Å²) in [5.41, 5.74) is 4.19. The Kier molecular flexibility index (Phi) is 4.76. The molecule has 1 aliphatic carbocycles. The van der Waals surface area contributed by atoms with E-state index in [2.05, 4.69) is 34.3 Å². The maximum atomic E-state index is 12.9. The molecule has 5 nitrogen and oxygen atoms in total. The Balaban J connectivity index is 1.39. The molecule has 0 saturated carbocycles. The first-order chi connectivity index (χ1) is 12.5. The lowest BCUT2D eigenvalue weighted by atomic mass is 9.87. The number of piperazine rings is 1. The third kappa shape index (κ3) is 3.14. The van der Waals surface area contributed by atoms with Gasteiger partial charge in [-0.25, -0.2) is 0 Å². The van der Waals surface area contributed by atoms with Crippen molar-refractivity contribution in [2.75, 3.05) is 26.2 Å². The molecular weight excluding hydrogens is 348 g/mol. The molecule has 2 aromatic rings. The topological polar surface area (TPSA) is 41.4 Å². The molecule has 1 saturated heterocycles. The van der Waals surface area contributed by atoms with Gasteiger partial charge in [-0.15, -0.1) is 0 Å². The predicted molar refractivity (Wildman–Crippen MR) is 103 cm³/mol. The molecule has 2 heterocycles. The molecule has 0 bridgehead atoms. The highest BCUT2D eigenvalue weighted by Gasteiger charge is 2.31. The van der Waals surface area contributed by atoms with Crippen LogP contribution in [0.4, 0.5) is 0 Å². The standard InChI is InChI=1S/C20H25ClN4O/c1-14-18(21)19(23(2)22-14)20(26)25-11-9-24(10-12-25)17-8-7-15-5-3-4-6-16(15)13-17/h3-6,17H,7-13H2,1-2H3. The Bertz CT molecular complexity index is 823. The van der Waals surface area contributed by atoms with E-state index >= 15 is 0 Å². The number of amides is 1. The minimum absolute atomic E-state index is 0.00765. The van der Waals surface area contributed by atoms with Crippen molar-refractivity contribution in [1.29, 1.82) is 0 Å². The molecule has 26 heavy (non-hydrogen) atoms. The average Bonchev–Trinajstić information content (AvgIpc) is 2.92. The molecule has 1 atom stereocenters. The van der Waals surface area contributed by atoms with Crippen molar-refractivity contribution in [3.05, 3.63) is 51.8 Å². The summed E-state index contributed by atoms with van der Waals surface area (Å²) in [6, 6.07) is 9.37. The monoisotopic (exact) mass is 372 g/mol. The first kappa shape index (κ1) is 17.6. The van der Waals surface area contributed by atoms with Crippen LogP contribution in [0.2, 0.25) is 5.02 Å². The molecule has 2 aliphatic rings. The first-order valence-corrected chi connectivity index (χ1v) is 9.71. The summed E-state index contributed by atoms with van der Waals surface area (Å²) in [5.74, 6) is -0.00765. The van der Waals surface area contributed by atoms with Crippen LogP contribution in [0.5, 0.6) is 0 Å². The van der Waals surface area contributed by atoms with Gasteiger partial charge in [0.15, 0.2) is 0 Å².